The summed E-state index contributed by atoms with van der Waals surface area (Å²) in [5.74, 6) is 0.442. The van der Waals surface area contributed by atoms with Crippen LogP contribution in [0.15, 0.2) is 53.4 Å². The maximum Gasteiger partial charge on any atom is 0.417 e. The Balaban J connectivity index is 1.83. The SMILES string of the molecule is CCOC(=O)N1C(=O)C[C@](Sc2ccc(OC)cc2)(C(=O)N2CCN(C(C)=O)CC2)[C@H]1c1ccc(OC)cc1. The number of amides is 4. The topological polar surface area (TPSA) is 106 Å². The molecule has 0 unspecified atom stereocenters. The van der Waals surface area contributed by atoms with Gasteiger partial charge in [-0.15, -0.1) is 11.8 Å². The van der Waals surface area contributed by atoms with Gasteiger partial charge in [-0.2, -0.15) is 0 Å². The van der Waals surface area contributed by atoms with E-state index in [2.05, 4.69) is 0 Å². The Kier molecular flexibility index (Phi) is 8.69. The first-order valence-corrected chi connectivity index (χ1v) is 13.6. The maximum absolute atomic E-state index is 14.5. The number of carbonyl (C=O) groups excluding carboxylic acids is 4. The zero-order chi connectivity index (χ0) is 28.2. The molecule has 2 heterocycles. The Labute approximate surface area is 232 Å². The Hall–Kier alpha value is -3.73. The number of thioether (sulfide) groups is 1. The quantitative estimate of drug-likeness (QED) is 0.512. The zero-order valence-corrected chi connectivity index (χ0v) is 23.4. The molecule has 10 nitrogen and oxygen atoms in total. The Morgan fingerprint density at radius 2 is 1.44 bits per heavy atom. The van der Waals surface area contributed by atoms with Crippen molar-refractivity contribution in [2.45, 2.75) is 36.0 Å². The highest BCUT2D eigenvalue weighted by Gasteiger charge is 2.61. The number of rotatable bonds is 7. The van der Waals surface area contributed by atoms with Crippen molar-refractivity contribution in [3.8, 4) is 11.5 Å². The molecule has 39 heavy (non-hydrogen) atoms. The average molecular weight is 556 g/mol. The second-order valence-corrected chi connectivity index (χ2v) is 10.7. The van der Waals surface area contributed by atoms with Gasteiger partial charge in [0.2, 0.25) is 17.7 Å². The minimum Gasteiger partial charge on any atom is -0.497 e. The second kappa shape index (κ2) is 12.0. The largest absolute Gasteiger partial charge is 0.497 e. The van der Waals surface area contributed by atoms with Crippen molar-refractivity contribution in [1.29, 1.82) is 0 Å². The molecule has 2 aromatic rings. The Morgan fingerprint density at radius 1 is 0.897 bits per heavy atom. The van der Waals surface area contributed by atoms with Crippen LogP contribution < -0.4 is 9.47 Å². The molecule has 4 amide bonds. The van der Waals surface area contributed by atoms with E-state index < -0.39 is 22.8 Å². The summed E-state index contributed by atoms with van der Waals surface area (Å²) >= 11 is 1.25. The van der Waals surface area contributed by atoms with Crippen molar-refractivity contribution in [3.05, 3.63) is 54.1 Å². The Morgan fingerprint density at radius 3 is 1.95 bits per heavy atom. The number of ether oxygens (including phenoxy) is 3. The van der Waals surface area contributed by atoms with Crippen molar-refractivity contribution >= 4 is 35.6 Å². The van der Waals surface area contributed by atoms with E-state index in [9.17, 15) is 19.2 Å². The normalized spacial score (nSPS) is 21.1. The third kappa shape index (κ3) is 5.68. The maximum atomic E-state index is 14.5. The van der Waals surface area contributed by atoms with Crippen LogP contribution in [0.1, 0.15) is 31.9 Å². The number of piperazine rings is 1. The lowest BCUT2D eigenvalue weighted by atomic mass is 9.90. The van der Waals surface area contributed by atoms with E-state index >= 15 is 0 Å². The van der Waals surface area contributed by atoms with Crippen LogP contribution in [0.4, 0.5) is 4.79 Å². The molecular weight excluding hydrogens is 522 g/mol. The smallest absolute Gasteiger partial charge is 0.417 e. The monoisotopic (exact) mass is 555 g/mol. The summed E-state index contributed by atoms with van der Waals surface area (Å²) < 4.78 is 14.5. The van der Waals surface area contributed by atoms with Gasteiger partial charge in [-0.25, -0.2) is 9.69 Å². The van der Waals surface area contributed by atoms with E-state index in [1.165, 1.54) is 18.7 Å². The molecule has 2 aliphatic heterocycles. The Bertz CT molecular complexity index is 1210. The van der Waals surface area contributed by atoms with Gasteiger partial charge in [0.1, 0.15) is 16.2 Å². The van der Waals surface area contributed by atoms with E-state index in [4.69, 9.17) is 14.2 Å². The molecule has 2 atom stereocenters. The summed E-state index contributed by atoms with van der Waals surface area (Å²) in [6.45, 7) is 4.70. The molecule has 0 aliphatic carbocycles. The van der Waals surface area contributed by atoms with Gasteiger partial charge in [0, 0.05) is 38.0 Å². The number of nitrogens with zero attached hydrogens (tertiary/aromatic N) is 3. The molecule has 0 saturated carbocycles. The lowest BCUT2D eigenvalue weighted by molar-refractivity contribution is -0.140. The molecule has 208 valence electrons. The predicted molar refractivity (Wildman–Crippen MR) is 145 cm³/mol. The fourth-order valence-corrected chi connectivity index (χ4v) is 6.50. The molecule has 0 N–H and O–H groups in total. The average Bonchev–Trinajstić information content (AvgIpc) is 3.25. The minimum absolute atomic E-state index is 0.0509. The van der Waals surface area contributed by atoms with Gasteiger partial charge in [-0.05, 0) is 48.9 Å². The van der Waals surface area contributed by atoms with Crippen LogP contribution in [0.5, 0.6) is 11.5 Å². The van der Waals surface area contributed by atoms with Gasteiger partial charge in [-0.1, -0.05) is 12.1 Å². The number of benzene rings is 2. The second-order valence-electron chi connectivity index (χ2n) is 9.28. The van der Waals surface area contributed by atoms with Crippen LogP contribution >= 0.6 is 11.8 Å². The molecule has 0 aromatic heterocycles. The molecule has 4 rings (SSSR count). The lowest BCUT2D eigenvalue weighted by Crippen LogP contribution is -2.57. The fraction of sp³-hybridized carbons (Fsp3) is 0.429. The number of hydrogen-bond donors (Lipinski definition) is 0. The van der Waals surface area contributed by atoms with Crippen molar-refractivity contribution in [1.82, 2.24) is 14.7 Å². The number of carbonyl (C=O) groups is 4. The molecule has 2 fully saturated rings. The molecule has 0 spiro atoms. The van der Waals surface area contributed by atoms with Crippen molar-refractivity contribution in [2.75, 3.05) is 47.0 Å². The van der Waals surface area contributed by atoms with Gasteiger partial charge in [-0.3, -0.25) is 14.4 Å². The van der Waals surface area contributed by atoms with Crippen LogP contribution in [0, 0.1) is 0 Å². The van der Waals surface area contributed by atoms with Crippen molar-refractivity contribution in [3.63, 3.8) is 0 Å². The molecule has 0 bridgehead atoms. The van der Waals surface area contributed by atoms with Gasteiger partial charge in [0.05, 0.1) is 33.3 Å². The minimum atomic E-state index is -1.38. The molecule has 0 radical (unpaired) electrons. The molecule has 2 aliphatic rings. The van der Waals surface area contributed by atoms with Gasteiger partial charge < -0.3 is 24.0 Å². The van der Waals surface area contributed by atoms with Crippen LogP contribution in [-0.2, 0) is 19.1 Å². The lowest BCUT2D eigenvalue weighted by Gasteiger charge is -2.42. The molecule has 2 aromatic carbocycles. The number of hydrogen-bond acceptors (Lipinski definition) is 8. The number of methoxy groups -OCH3 is 2. The van der Waals surface area contributed by atoms with E-state index in [0.29, 0.717) is 43.2 Å². The molecule has 2 saturated heterocycles. The number of likely N-dealkylation sites (tertiary alicyclic amines) is 1. The van der Waals surface area contributed by atoms with Crippen LogP contribution in [0.25, 0.3) is 0 Å². The van der Waals surface area contributed by atoms with E-state index in [0.717, 1.165) is 9.80 Å². The summed E-state index contributed by atoms with van der Waals surface area (Å²) in [5, 5.41) is 0. The standard InChI is InChI=1S/C28H33N3O7S/c1-5-38-27(35)31-24(33)18-28(39-23-12-10-22(37-4)11-13-23,25(31)20-6-8-21(36-3)9-7-20)26(34)30-16-14-29(15-17-30)19(2)32/h6-13,25H,5,14-18H2,1-4H3/t25-,28-/m1/s1. The van der Waals surface area contributed by atoms with Crippen LogP contribution in [0.3, 0.4) is 0 Å². The van der Waals surface area contributed by atoms with Crippen LogP contribution in [-0.4, -0.2) is 90.3 Å². The first-order chi connectivity index (χ1) is 18.7. The molecular formula is C28H33N3O7S. The number of imide groups is 1. The summed E-state index contributed by atoms with van der Waals surface area (Å²) in [5.41, 5.74) is 0.603. The van der Waals surface area contributed by atoms with Gasteiger partial charge >= 0.3 is 6.09 Å². The third-order valence-corrected chi connectivity index (χ3v) is 8.43. The van der Waals surface area contributed by atoms with E-state index in [-0.39, 0.29) is 24.8 Å². The van der Waals surface area contributed by atoms with Gasteiger partial charge in [0.25, 0.3) is 0 Å². The highest BCUT2D eigenvalue weighted by atomic mass is 32.2. The van der Waals surface area contributed by atoms with Crippen molar-refractivity contribution < 1.29 is 33.4 Å². The first-order valence-electron chi connectivity index (χ1n) is 12.7. The highest BCUT2D eigenvalue weighted by Crippen LogP contribution is 2.54. The summed E-state index contributed by atoms with van der Waals surface area (Å²) in [4.78, 5) is 58.4. The zero-order valence-electron chi connectivity index (χ0n) is 22.5. The summed E-state index contributed by atoms with van der Waals surface area (Å²) in [6, 6.07) is 13.3. The highest BCUT2D eigenvalue weighted by molar-refractivity contribution is 8.01. The fourth-order valence-electron chi connectivity index (χ4n) is 5.04. The third-order valence-electron chi connectivity index (χ3n) is 7.01. The van der Waals surface area contributed by atoms with Crippen molar-refractivity contribution in [2.24, 2.45) is 0 Å². The van der Waals surface area contributed by atoms with E-state index in [1.54, 1.807) is 67.3 Å². The predicted octanol–water partition coefficient (Wildman–Crippen LogP) is 3.36. The van der Waals surface area contributed by atoms with Crippen LogP contribution in [0.2, 0.25) is 0 Å². The summed E-state index contributed by atoms with van der Waals surface area (Å²) in [6.07, 6.45) is -1.000. The first kappa shape index (κ1) is 28.3. The van der Waals surface area contributed by atoms with E-state index in [1.807, 2.05) is 12.1 Å². The molecule has 11 heteroatoms. The summed E-state index contributed by atoms with van der Waals surface area (Å²) in [7, 11) is 3.12. The van der Waals surface area contributed by atoms with Gasteiger partial charge in [0.15, 0.2) is 0 Å².